The van der Waals surface area contributed by atoms with E-state index in [9.17, 15) is 13.2 Å². The molecule has 2 aliphatic rings. The number of sulfonamides is 1. The van der Waals surface area contributed by atoms with Crippen LogP contribution in [0.4, 0.5) is 5.69 Å². The van der Waals surface area contributed by atoms with Gasteiger partial charge >= 0.3 is 0 Å². The van der Waals surface area contributed by atoms with Gasteiger partial charge in [-0.2, -0.15) is 0 Å². The number of amides is 1. The van der Waals surface area contributed by atoms with E-state index in [0.717, 1.165) is 16.6 Å². The molecule has 0 saturated carbocycles. The molecule has 126 valence electrons. The van der Waals surface area contributed by atoms with Crippen molar-refractivity contribution in [1.82, 2.24) is 4.31 Å². The molecule has 23 heavy (non-hydrogen) atoms. The zero-order chi connectivity index (χ0) is 16.8. The van der Waals surface area contributed by atoms with Crippen LogP contribution in [0.25, 0.3) is 0 Å². The average molecular weight is 401 g/mol. The first kappa shape index (κ1) is 16.9. The van der Waals surface area contributed by atoms with E-state index >= 15 is 0 Å². The highest BCUT2D eigenvalue weighted by atomic mass is 79.9. The van der Waals surface area contributed by atoms with Gasteiger partial charge < -0.3 is 4.90 Å². The second-order valence-electron chi connectivity index (χ2n) is 6.47. The van der Waals surface area contributed by atoms with Crippen molar-refractivity contribution in [2.75, 3.05) is 24.2 Å². The number of benzene rings is 1. The van der Waals surface area contributed by atoms with Crippen molar-refractivity contribution in [1.29, 1.82) is 0 Å². The lowest BCUT2D eigenvalue weighted by molar-refractivity contribution is -0.123. The van der Waals surface area contributed by atoms with E-state index in [1.807, 2.05) is 17.0 Å². The van der Waals surface area contributed by atoms with Gasteiger partial charge in [-0.15, -0.1) is 0 Å². The highest BCUT2D eigenvalue weighted by Crippen LogP contribution is 2.36. The molecule has 7 heteroatoms. The topological polar surface area (TPSA) is 57.7 Å². The van der Waals surface area contributed by atoms with E-state index in [1.165, 1.54) is 16.1 Å². The molecule has 0 aromatic heterocycles. The number of carbonyl (C=O) groups is 1. The first-order valence-electron chi connectivity index (χ1n) is 7.84. The molecule has 1 saturated heterocycles. The second-order valence-corrected chi connectivity index (χ2v) is 9.37. The normalized spacial score (nSPS) is 23.1. The predicted octanol–water partition coefficient (Wildman–Crippen LogP) is 2.40. The lowest BCUT2D eigenvalue weighted by atomic mass is 9.96. The number of hydrogen-bond donors (Lipinski definition) is 0. The summed E-state index contributed by atoms with van der Waals surface area (Å²) in [6, 6.07) is 6.18. The van der Waals surface area contributed by atoms with Crippen molar-refractivity contribution in [3.05, 3.63) is 28.2 Å². The van der Waals surface area contributed by atoms with E-state index in [-0.39, 0.29) is 17.9 Å². The fraction of sp³-hybridized carbons (Fsp3) is 0.562. The Bertz CT molecular complexity index is 727. The summed E-state index contributed by atoms with van der Waals surface area (Å²) in [6.07, 6.45) is 3.29. The maximum absolute atomic E-state index is 13.0. The van der Waals surface area contributed by atoms with Gasteiger partial charge in [-0.1, -0.05) is 15.9 Å². The Morgan fingerprint density at radius 3 is 2.52 bits per heavy atom. The van der Waals surface area contributed by atoms with Gasteiger partial charge in [-0.25, -0.2) is 12.7 Å². The van der Waals surface area contributed by atoms with Crippen molar-refractivity contribution in [2.24, 2.45) is 5.92 Å². The lowest BCUT2D eigenvalue weighted by Gasteiger charge is -2.33. The Morgan fingerprint density at radius 2 is 1.91 bits per heavy atom. The maximum Gasteiger partial charge on any atom is 0.230 e. The Balaban J connectivity index is 1.75. The Morgan fingerprint density at radius 1 is 1.26 bits per heavy atom. The summed E-state index contributed by atoms with van der Waals surface area (Å²) >= 11 is 3.48. The van der Waals surface area contributed by atoms with Gasteiger partial charge in [0, 0.05) is 35.2 Å². The number of anilines is 1. The van der Waals surface area contributed by atoms with Crippen molar-refractivity contribution in [2.45, 2.75) is 32.2 Å². The molecule has 0 N–H and O–H groups in total. The molecule has 1 amide bonds. The Labute approximate surface area is 145 Å². The molecule has 3 rings (SSSR count). The number of carbonyl (C=O) groups excluding carboxylic acids is 1. The van der Waals surface area contributed by atoms with Crippen LogP contribution in [0, 0.1) is 5.92 Å². The number of halogens is 1. The number of fused-ring (bicyclic) bond motifs is 1. The summed E-state index contributed by atoms with van der Waals surface area (Å²) in [6.45, 7) is 2.94. The van der Waals surface area contributed by atoms with Gasteiger partial charge in [-0.05, 0) is 49.9 Å². The number of piperidine rings is 1. The summed E-state index contributed by atoms with van der Waals surface area (Å²) < 4.78 is 25.7. The van der Waals surface area contributed by atoms with Gasteiger partial charge in [-0.3, -0.25) is 4.79 Å². The predicted molar refractivity (Wildman–Crippen MR) is 93.9 cm³/mol. The third-order valence-corrected chi connectivity index (χ3v) is 6.56. The first-order chi connectivity index (χ1) is 10.8. The summed E-state index contributed by atoms with van der Waals surface area (Å²) in [5.41, 5.74) is 2.19. The molecule has 0 aliphatic carbocycles. The van der Waals surface area contributed by atoms with Gasteiger partial charge in [0.15, 0.2) is 0 Å². The van der Waals surface area contributed by atoms with Crippen molar-refractivity contribution >= 4 is 37.5 Å². The van der Waals surface area contributed by atoms with Crippen molar-refractivity contribution in [3.63, 3.8) is 0 Å². The summed E-state index contributed by atoms with van der Waals surface area (Å²) in [5.74, 6) is 0.0387. The van der Waals surface area contributed by atoms with Crippen LogP contribution in [0.15, 0.2) is 22.7 Å². The van der Waals surface area contributed by atoms with Crippen molar-refractivity contribution in [3.8, 4) is 0 Å². The fourth-order valence-corrected chi connectivity index (χ4v) is 4.85. The van der Waals surface area contributed by atoms with E-state index < -0.39 is 10.0 Å². The van der Waals surface area contributed by atoms with Crippen LogP contribution in [0.5, 0.6) is 0 Å². The number of nitrogens with zero attached hydrogens (tertiary/aromatic N) is 2. The summed E-state index contributed by atoms with van der Waals surface area (Å²) in [5, 5.41) is 0. The largest absolute Gasteiger partial charge is 0.309 e. The molecule has 0 unspecified atom stereocenters. The third kappa shape index (κ3) is 3.32. The van der Waals surface area contributed by atoms with Crippen LogP contribution in [0.2, 0.25) is 0 Å². The summed E-state index contributed by atoms with van der Waals surface area (Å²) in [4.78, 5) is 14.9. The Kier molecular flexibility index (Phi) is 4.55. The van der Waals surface area contributed by atoms with Gasteiger partial charge in [0.05, 0.1) is 6.26 Å². The van der Waals surface area contributed by atoms with Gasteiger partial charge in [0.2, 0.25) is 15.9 Å². The molecule has 2 aliphatic heterocycles. The number of rotatable bonds is 2. The van der Waals surface area contributed by atoms with E-state index in [4.69, 9.17) is 0 Å². The van der Waals surface area contributed by atoms with E-state index in [1.54, 1.807) is 0 Å². The van der Waals surface area contributed by atoms with E-state index in [2.05, 4.69) is 28.9 Å². The second kappa shape index (κ2) is 6.18. The van der Waals surface area contributed by atoms with Crippen LogP contribution in [0.1, 0.15) is 25.3 Å². The monoisotopic (exact) mass is 400 g/mol. The zero-order valence-electron chi connectivity index (χ0n) is 13.3. The van der Waals surface area contributed by atoms with Crippen LogP contribution < -0.4 is 4.90 Å². The van der Waals surface area contributed by atoms with Crippen LogP contribution in [-0.4, -0.2) is 44.0 Å². The minimum absolute atomic E-state index is 0.0925. The minimum Gasteiger partial charge on any atom is -0.309 e. The lowest BCUT2D eigenvalue weighted by Crippen LogP contribution is -2.45. The molecule has 1 aromatic rings. The molecule has 1 fully saturated rings. The van der Waals surface area contributed by atoms with E-state index in [0.29, 0.717) is 25.9 Å². The van der Waals surface area contributed by atoms with Gasteiger partial charge in [0.25, 0.3) is 0 Å². The van der Waals surface area contributed by atoms with Crippen LogP contribution >= 0.6 is 15.9 Å². The quantitative estimate of drug-likeness (QED) is 0.765. The molecule has 2 heterocycles. The Hall–Kier alpha value is -0.920. The first-order valence-corrected chi connectivity index (χ1v) is 10.5. The molecule has 0 bridgehead atoms. The number of hydrogen-bond acceptors (Lipinski definition) is 3. The highest BCUT2D eigenvalue weighted by molar-refractivity contribution is 9.10. The van der Waals surface area contributed by atoms with Crippen LogP contribution in [0.3, 0.4) is 0 Å². The average Bonchev–Trinajstić information content (AvgIpc) is 2.80. The third-order valence-electron chi connectivity index (χ3n) is 4.77. The summed E-state index contributed by atoms with van der Waals surface area (Å²) in [7, 11) is -3.16. The molecular formula is C16H21BrN2O3S. The maximum atomic E-state index is 13.0. The molecule has 0 radical (unpaired) electrons. The molecule has 1 aromatic carbocycles. The highest BCUT2D eigenvalue weighted by Gasteiger charge is 2.37. The smallest absolute Gasteiger partial charge is 0.230 e. The zero-order valence-corrected chi connectivity index (χ0v) is 15.7. The molecular weight excluding hydrogens is 380 g/mol. The minimum atomic E-state index is -3.16. The van der Waals surface area contributed by atoms with Crippen LogP contribution in [-0.2, 0) is 21.2 Å². The van der Waals surface area contributed by atoms with Gasteiger partial charge in [0.1, 0.15) is 0 Å². The molecule has 5 nitrogen and oxygen atoms in total. The SMILES string of the molecule is C[C@H]1Cc2cc(Br)ccc2N1C(=O)C1CCN(S(C)(=O)=O)CC1. The standard InChI is InChI=1S/C16H21BrN2O3S/c1-11-9-13-10-14(17)3-4-15(13)19(11)16(20)12-5-7-18(8-6-12)23(2,21)22/h3-4,10-12H,5-9H2,1-2H3/t11-/m0/s1. The molecule has 1 atom stereocenters. The molecule has 0 spiro atoms. The van der Waals surface area contributed by atoms with Crippen molar-refractivity contribution < 1.29 is 13.2 Å². The fourth-order valence-electron chi connectivity index (χ4n) is 3.57.